The van der Waals surface area contributed by atoms with Gasteiger partial charge in [0.1, 0.15) is 6.54 Å². The van der Waals surface area contributed by atoms with E-state index in [1.807, 2.05) is 48.8 Å². The molecule has 0 saturated carbocycles. The number of halogens is 4. The van der Waals surface area contributed by atoms with Crippen molar-refractivity contribution in [2.45, 2.75) is 19.6 Å². The summed E-state index contributed by atoms with van der Waals surface area (Å²) in [4.78, 5) is 6.46. The Morgan fingerprint density at radius 3 is 2.43 bits per heavy atom. The van der Waals surface area contributed by atoms with Crippen LogP contribution in [0.25, 0.3) is 0 Å². The van der Waals surface area contributed by atoms with Crippen molar-refractivity contribution in [1.29, 1.82) is 0 Å². The number of nitrogens with zero attached hydrogens (tertiary/aromatic N) is 3. The van der Waals surface area contributed by atoms with Crippen molar-refractivity contribution in [1.82, 2.24) is 14.8 Å². The molecule has 0 spiro atoms. The average molecular weight is 504 g/mol. The zero-order valence-electron chi connectivity index (χ0n) is 16.0. The summed E-state index contributed by atoms with van der Waals surface area (Å²) in [5.74, 6) is 6.45. The number of hydrogen-bond donors (Lipinski definition) is 1. The predicted molar refractivity (Wildman–Crippen MR) is 117 cm³/mol. The number of rotatable bonds is 4. The zero-order chi connectivity index (χ0) is 19.9. The number of aryl methyl sites for hydroxylation is 1. The highest BCUT2D eigenvalue weighted by Crippen LogP contribution is 2.28. The van der Waals surface area contributed by atoms with Crippen molar-refractivity contribution in [3.8, 4) is 11.8 Å². The molecule has 2 rings (SSSR count). The molecule has 152 valence electrons. The number of benzene rings is 1. The fraction of sp³-hybridized carbons (Fsp3) is 0.350. The van der Waals surface area contributed by atoms with E-state index < -0.39 is 11.7 Å². The van der Waals surface area contributed by atoms with Gasteiger partial charge in [-0.2, -0.15) is 13.2 Å². The molecule has 0 amide bonds. The number of guanidine groups is 1. The van der Waals surface area contributed by atoms with Gasteiger partial charge in [-0.1, -0.05) is 11.8 Å². The third-order valence-corrected chi connectivity index (χ3v) is 3.90. The summed E-state index contributed by atoms with van der Waals surface area (Å²) in [6.45, 7) is 3.66. The lowest BCUT2D eigenvalue weighted by atomic mass is 10.1. The van der Waals surface area contributed by atoms with E-state index in [1.165, 1.54) is 12.1 Å². The molecule has 8 heteroatoms. The summed E-state index contributed by atoms with van der Waals surface area (Å²) in [5, 5.41) is 3.21. The fourth-order valence-electron chi connectivity index (χ4n) is 2.45. The van der Waals surface area contributed by atoms with E-state index in [1.54, 1.807) is 0 Å². The molecule has 0 aliphatic carbocycles. The second kappa shape index (κ2) is 11.0. The maximum absolute atomic E-state index is 12.6. The highest BCUT2D eigenvalue weighted by molar-refractivity contribution is 14.0. The SMILES string of the molecule is CCNC(=NCC#Cc1ccc(C(F)(F)F)cc1)N(C)Cc1cccn1C.I. The molecule has 1 aromatic carbocycles. The first-order valence-electron chi connectivity index (χ1n) is 8.57. The molecule has 0 radical (unpaired) electrons. The highest BCUT2D eigenvalue weighted by Gasteiger charge is 2.29. The Balaban J connectivity index is 0.00000392. The monoisotopic (exact) mass is 504 g/mol. The van der Waals surface area contributed by atoms with Gasteiger partial charge in [0, 0.05) is 38.1 Å². The Bertz CT molecular complexity index is 830. The number of alkyl halides is 3. The van der Waals surface area contributed by atoms with E-state index in [2.05, 4.69) is 22.2 Å². The molecule has 0 aliphatic heterocycles. The standard InChI is InChI=1S/C20H23F3N4.HI/c1-4-24-19(27(3)15-18-8-6-14-26(18)2)25-13-5-7-16-9-11-17(12-10-16)20(21,22)23;/h6,8-12,14H,4,13,15H2,1-3H3,(H,24,25);1H. The predicted octanol–water partition coefficient (Wildman–Crippen LogP) is 4.11. The number of aliphatic imine (C=N–C) groups is 1. The summed E-state index contributed by atoms with van der Waals surface area (Å²) >= 11 is 0. The quantitative estimate of drug-likeness (QED) is 0.294. The van der Waals surface area contributed by atoms with Crippen LogP contribution in [0.5, 0.6) is 0 Å². The van der Waals surface area contributed by atoms with Crippen molar-refractivity contribution in [2.75, 3.05) is 20.1 Å². The molecular formula is C20H24F3IN4. The van der Waals surface area contributed by atoms with Gasteiger partial charge in [0.15, 0.2) is 5.96 Å². The van der Waals surface area contributed by atoms with Crippen LogP contribution in [0, 0.1) is 11.8 Å². The lowest BCUT2D eigenvalue weighted by molar-refractivity contribution is -0.137. The van der Waals surface area contributed by atoms with Crippen LogP contribution >= 0.6 is 24.0 Å². The maximum Gasteiger partial charge on any atom is 0.416 e. The largest absolute Gasteiger partial charge is 0.416 e. The fourth-order valence-corrected chi connectivity index (χ4v) is 2.45. The Labute approximate surface area is 180 Å². The van der Waals surface area contributed by atoms with Gasteiger partial charge in [-0.25, -0.2) is 4.99 Å². The molecule has 1 N–H and O–H groups in total. The third-order valence-electron chi connectivity index (χ3n) is 3.90. The van der Waals surface area contributed by atoms with Gasteiger partial charge in [0.2, 0.25) is 0 Å². The van der Waals surface area contributed by atoms with Crippen LogP contribution in [0.4, 0.5) is 13.2 Å². The molecule has 0 unspecified atom stereocenters. The molecule has 0 fully saturated rings. The van der Waals surface area contributed by atoms with Gasteiger partial charge in [0.25, 0.3) is 0 Å². The molecule has 0 saturated heterocycles. The van der Waals surface area contributed by atoms with Crippen LogP contribution in [0.3, 0.4) is 0 Å². The third kappa shape index (κ3) is 7.11. The van der Waals surface area contributed by atoms with Gasteiger partial charge < -0.3 is 14.8 Å². The van der Waals surface area contributed by atoms with Gasteiger partial charge in [0.05, 0.1) is 12.1 Å². The molecule has 1 aromatic heterocycles. The van der Waals surface area contributed by atoms with E-state index in [9.17, 15) is 13.2 Å². The highest BCUT2D eigenvalue weighted by atomic mass is 127. The minimum atomic E-state index is -4.33. The lowest BCUT2D eigenvalue weighted by Gasteiger charge is -2.22. The minimum Gasteiger partial charge on any atom is -0.356 e. The lowest BCUT2D eigenvalue weighted by Crippen LogP contribution is -2.38. The molecule has 28 heavy (non-hydrogen) atoms. The molecule has 2 aromatic rings. The molecular weight excluding hydrogens is 480 g/mol. The minimum absolute atomic E-state index is 0. The summed E-state index contributed by atoms with van der Waals surface area (Å²) in [5.41, 5.74) is 1.00. The maximum atomic E-state index is 12.6. The Morgan fingerprint density at radius 1 is 1.21 bits per heavy atom. The van der Waals surface area contributed by atoms with Crippen molar-refractivity contribution < 1.29 is 13.2 Å². The first kappa shape index (κ1) is 23.9. The Kier molecular flexibility index (Phi) is 9.38. The van der Waals surface area contributed by atoms with Gasteiger partial charge >= 0.3 is 6.18 Å². The number of nitrogens with one attached hydrogen (secondary N) is 1. The van der Waals surface area contributed by atoms with E-state index in [0.717, 1.165) is 30.3 Å². The average Bonchev–Trinajstić information content (AvgIpc) is 3.02. The van der Waals surface area contributed by atoms with Crippen molar-refractivity contribution >= 4 is 29.9 Å². The first-order valence-corrected chi connectivity index (χ1v) is 8.57. The Hall–Kier alpha value is -2.15. The Morgan fingerprint density at radius 2 is 1.89 bits per heavy atom. The van der Waals surface area contributed by atoms with Crippen LogP contribution in [0.1, 0.15) is 23.7 Å². The van der Waals surface area contributed by atoms with Gasteiger partial charge in [-0.3, -0.25) is 0 Å². The molecule has 0 bridgehead atoms. The first-order chi connectivity index (χ1) is 12.8. The molecule has 0 atom stereocenters. The topological polar surface area (TPSA) is 32.6 Å². The van der Waals surface area contributed by atoms with Gasteiger partial charge in [-0.15, -0.1) is 24.0 Å². The summed E-state index contributed by atoms with van der Waals surface area (Å²) in [7, 11) is 3.93. The van der Waals surface area contributed by atoms with Crippen LogP contribution in [0.15, 0.2) is 47.6 Å². The molecule has 0 aliphatic rings. The second-order valence-corrected chi connectivity index (χ2v) is 6.01. The normalized spacial score (nSPS) is 11.3. The van der Waals surface area contributed by atoms with Crippen LogP contribution < -0.4 is 5.32 Å². The van der Waals surface area contributed by atoms with E-state index in [0.29, 0.717) is 12.1 Å². The van der Waals surface area contributed by atoms with E-state index in [4.69, 9.17) is 0 Å². The van der Waals surface area contributed by atoms with Crippen molar-refractivity contribution in [2.24, 2.45) is 12.0 Å². The van der Waals surface area contributed by atoms with E-state index in [-0.39, 0.29) is 30.5 Å². The smallest absolute Gasteiger partial charge is 0.356 e. The van der Waals surface area contributed by atoms with Crippen LogP contribution in [-0.2, 0) is 19.8 Å². The van der Waals surface area contributed by atoms with Gasteiger partial charge in [-0.05, 0) is 43.3 Å². The van der Waals surface area contributed by atoms with Crippen LogP contribution in [0.2, 0.25) is 0 Å². The summed E-state index contributed by atoms with van der Waals surface area (Å²) < 4.78 is 39.7. The zero-order valence-corrected chi connectivity index (χ0v) is 18.4. The molecule has 4 nitrogen and oxygen atoms in total. The second-order valence-electron chi connectivity index (χ2n) is 6.01. The summed E-state index contributed by atoms with van der Waals surface area (Å²) in [6, 6.07) is 8.84. The van der Waals surface area contributed by atoms with Crippen molar-refractivity contribution in [3.05, 3.63) is 59.4 Å². The summed E-state index contributed by atoms with van der Waals surface area (Å²) in [6.07, 6.45) is -2.34. The van der Waals surface area contributed by atoms with E-state index >= 15 is 0 Å². The van der Waals surface area contributed by atoms with Crippen LogP contribution in [-0.4, -0.2) is 35.6 Å². The number of aromatic nitrogens is 1. The number of hydrogen-bond acceptors (Lipinski definition) is 1. The van der Waals surface area contributed by atoms with Crippen molar-refractivity contribution in [3.63, 3.8) is 0 Å². The molecule has 1 heterocycles.